The molecule has 126 valence electrons. The summed E-state index contributed by atoms with van der Waals surface area (Å²) in [7, 11) is 0. The van der Waals surface area contributed by atoms with Gasteiger partial charge in [0.25, 0.3) is 0 Å². The molecule has 0 spiro atoms. The molecular weight excluding hydrogens is 316 g/mol. The summed E-state index contributed by atoms with van der Waals surface area (Å²) in [4.78, 5) is 14.1. The maximum Gasteiger partial charge on any atom is 0.226 e. The quantitative estimate of drug-likeness (QED) is 0.876. The lowest BCUT2D eigenvalue weighted by Gasteiger charge is -2.48. The van der Waals surface area contributed by atoms with Gasteiger partial charge in [0.15, 0.2) is 0 Å². The van der Waals surface area contributed by atoms with Gasteiger partial charge in [-0.25, -0.2) is 8.78 Å². The number of likely N-dealkylation sites (tertiary alicyclic amines) is 1. The highest BCUT2D eigenvalue weighted by Gasteiger charge is 2.47. The van der Waals surface area contributed by atoms with Crippen LogP contribution in [0.3, 0.4) is 0 Å². The van der Waals surface area contributed by atoms with Crippen LogP contribution >= 0.6 is 0 Å². The van der Waals surface area contributed by atoms with Crippen LogP contribution in [0.4, 0.5) is 8.78 Å². The first-order valence-electron chi connectivity index (χ1n) is 7.93. The van der Waals surface area contributed by atoms with Crippen molar-refractivity contribution in [3.63, 3.8) is 0 Å². The molecule has 1 aromatic heterocycles. The molecule has 1 unspecified atom stereocenters. The van der Waals surface area contributed by atoms with Gasteiger partial charge in [-0.2, -0.15) is 5.10 Å². The van der Waals surface area contributed by atoms with Crippen molar-refractivity contribution in [2.45, 2.75) is 24.9 Å². The Morgan fingerprint density at radius 2 is 2.00 bits per heavy atom. The number of aromatic nitrogens is 2. The molecule has 5 nitrogen and oxygen atoms in total. The number of β-amino-alcohol motifs (C(OH)–C–C–N with tert-alkyl or cyclic N) is 1. The summed E-state index contributed by atoms with van der Waals surface area (Å²) in [5.74, 6) is -1.65. The van der Waals surface area contributed by atoms with Crippen LogP contribution in [0.15, 0.2) is 24.4 Å². The van der Waals surface area contributed by atoms with E-state index in [0.29, 0.717) is 6.42 Å². The molecule has 1 aliphatic carbocycles. The van der Waals surface area contributed by atoms with Crippen molar-refractivity contribution in [2.75, 3.05) is 13.1 Å². The molecule has 4 rings (SSSR count). The van der Waals surface area contributed by atoms with E-state index in [9.17, 15) is 18.7 Å². The number of nitrogens with zero attached hydrogens (tertiary/aromatic N) is 2. The van der Waals surface area contributed by atoms with Crippen molar-refractivity contribution < 1.29 is 18.7 Å². The lowest BCUT2D eigenvalue weighted by atomic mass is 9.82. The third kappa shape index (κ3) is 2.49. The topological polar surface area (TPSA) is 69.2 Å². The zero-order chi connectivity index (χ0) is 16.9. The van der Waals surface area contributed by atoms with Gasteiger partial charge in [0.05, 0.1) is 19.3 Å². The van der Waals surface area contributed by atoms with Gasteiger partial charge >= 0.3 is 0 Å². The minimum atomic E-state index is -1.38. The molecule has 1 amide bonds. The van der Waals surface area contributed by atoms with Gasteiger partial charge in [-0.15, -0.1) is 0 Å². The molecule has 1 aliphatic heterocycles. The van der Waals surface area contributed by atoms with E-state index in [1.807, 2.05) is 0 Å². The van der Waals surface area contributed by atoms with Gasteiger partial charge in [-0.3, -0.25) is 9.89 Å². The number of aromatic amines is 1. The van der Waals surface area contributed by atoms with Crippen molar-refractivity contribution in [3.8, 4) is 0 Å². The molecule has 2 heterocycles. The van der Waals surface area contributed by atoms with E-state index in [1.54, 1.807) is 11.1 Å². The number of hydrogen-bond donors (Lipinski definition) is 2. The molecule has 2 aliphatic rings. The second-order valence-electron chi connectivity index (χ2n) is 6.70. The number of hydrogen-bond acceptors (Lipinski definition) is 3. The summed E-state index contributed by atoms with van der Waals surface area (Å²) in [6.07, 6.45) is 3.94. The minimum absolute atomic E-state index is 0.0307. The van der Waals surface area contributed by atoms with Crippen molar-refractivity contribution >= 4 is 5.91 Å². The van der Waals surface area contributed by atoms with Gasteiger partial charge in [0, 0.05) is 24.1 Å². The summed E-state index contributed by atoms with van der Waals surface area (Å²) in [6.45, 7) is 0.113. The number of rotatable bonds is 2. The summed E-state index contributed by atoms with van der Waals surface area (Å²) in [6, 6.07) is 2.99. The average molecular weight is 333 g/mol. The third-order valence-electron chi connectivity index (χ3n) is 4.99. The fraction of sp³-hybridized carbons (Fsp3) is 0.412. The molecule has 1 atom stereocenters. The number of benzene rings is 1. The van der Waals surface area contributed by atoms with Gasteiger partial charge in [-0.1, -0.05) is 0 Å². The van der Waals surface area contributed by atoms with Crippen LogP contribution < -0.4 is 0 Å². The summed E-state index contributed by atoms with van der Waals surface area (Å²) in [5, 5.41) is 17.4. The first-order valence-corrected chi connectivity index (χ1v) is 7.93. The van der Waals surface area contributed by atoms with Crippen molar-refractivity contribution in [1.29, 1.82) is 0 Å². The molecule has 1 aromatic carbocycles. The number of fused-ring (bicyclic) bond motifs is 1. The predicted octanol–water partition coefficient (Wildman–Crippen LogP) is 1.52. The Kier molecular flexibility index (Phi) is 3.42. The maximum absolute atomic E-state index is 13.3. The SMILES string of the molecule is O=C(C1CCc2cn[nH]c2C1)N1CC(O)(c2cc(F)cc(F)c2)C1. The van der Waals surface area contributed by atoms with Gasteiger partial charge in [-0.05, 0) is 36.1 Å². The van der Waals surface area contributed by atoms with Crippen LogP contribution in [-0.4, -0.2) is 39.2 Å². The number of carbonyl (C=O) groups is 1. The Morgan fingerprint density at radius 3 is 2.71 bits per heavy atom. The first-order chi connectivity index (χ1) is 11.4. The number of carbonyl (C=O) groups excluding carboxylic acids is 1. The highest BCUT2D eigenvalue weighted by Crippen LogP contribution is 2.35. The molecule has 2 aromatic rings. The van der Waals surface area contributed by atoms with Crippen molar-refractivity contribution in [2.24, 2.45) is 5.92 Å². The molecule has 0 bridgehead atoms. The highest BCUT2D eigenvalue weighted by molar-refractivity contribution is 5.80. The standard InChI is InChI=1S/C17H17F2N3O2/c18-13-4-12(5-14(19)6-13)17(24)8-22(9-17)16(23)10-1-2-11-7-20-21-15(11)3-10/h4-7,10,24H,1-3,8-9H2,(H,20,21). The molecule has 24 heavy (non-hydrogen) atoms. The van der Waals surface area contributed by atoms with E-state index in [0.717, 1.165) is 42.3 Å². The number of H-pyrrole nitrogens is 1. The summed E-state index contributed by atoms with van der Waals surface area (Å²) >= 11 is 0. The second kappa shape index (κ2) is 5.37. The largest absolute Gasteiger partial charge is 0.381 e. The Bertz CT molecular complexity index is 779. The molecule has 1 fully saturated rings. The predicted molar refractivity (Wildman–Crippen MR) is 80.9 cm³/mol. The van der Waals surface area contributed by atoms with Crippen LogP contribution in [-0.2, 0) is 23.2 Å². The van der Waals surface area contributed by atoms with Crippen LogP contribution in [0.1, 0.15) is 23.2 Å². The summed E-state index contributed by atoms with van der Waals surface area (Å²) in [5.41, 5.74) is 0.924. The lowest BCUT2D eigenvalue weighted by Crippen LogP contribution is -2.62. The van der Waals surface area contributed by atoms with Gasteiger partial charge in [0.2, 0.25) is 5.91 Å². The average Bonchev–Trinajstić information content (AvgIpc) is 2.97. The molecular formula is C17H17F2N3O2. The van der Waals surface area contributed by atoms with E-state index in [2.05, 4.69) is 10.2 Å². The number of amides is 1. The Labute approximate surface area is 137 Å². The summed E-state index contributed by atoms with van der Waals surface area (Å²) < 4.78 is 26.7. The Balaban J connectivity index is 1.44. The monoisotopic (exact) mass is 333 g/mol. The van der Waals surface area contributed by atoms with Crippen LogP contribution in [0.5, 0.6) is 0 Å². The number of aryl methyl sites for hydroxylation is 1. The Morgan fingerprint density at radius 1 is 1.29 bits per heavy atom. The van der Waals surface area contributed by atoms with Crippen LogP contribution in [0, 0.1) is 17.6 Å². The zero-order valence-corrected chi connectivity index (χ0v) is 12.9. The fourth-order valence-corrected chi connectivity index (χ4v) is 3.62. The Hall–Kier alpha value is -2.28. The van der Waals surface area contributed by atoms with Gasteiger partial charge in [0.1, 0.15) is 17.2 Å². The number of aliphatic hydroxyl groups is 1. The van der Waals surface area contributed by atoms with Crippen LogP contribution in [0.2, 0.25) is 0 Å². The molecule has 7 heteroatoms. The van der Waals surface area contributed by atoms with E-state index >= 15 is 0 Å². The smallest absolute Gasteiger partial charge is 0.226 e. The van der Waals surface area contributed by atoms with E-state index in [-0.39, 0.29) is 30.5 Å². The molecule has 0 saturated carbocycles. The first kappa shape index (κ1) is 15.3. The van der Waals surface area contributed by atoms with Crippen LogP contribution in [0.25, 0.3) is 0 Å². The number of halogens is 2. The van der Waals surface area contributed by atoms with E-state index in [4.69, 9.17) is 0 Å². The normalized spacial score (nSPS) is 22.0. The van der Waals surface area contributed by atoms with Crippen molar-refractivity contribution in [1.82, 2.24) is 15.1 Å². The second-order valence-corrected chi connectivity index (χ2v) is 6.70. The maximum atomic E-state index is 13.3. The minimum Gasteiger partial charge on any atom is -0.381 e. The molecule has 0 radical (unpaired) electrons. The highest BCUT2D eigenvalue weighted by atomic mass is 19.1. The van der Waals surface area contributed by atoms with Gasteiger partial charge < -0.3 is 10.0 Å². The van der Waals surface area contributed by atoms with E-state index in [1.165, 1.54) is 0 Å². The molecule has 1 saturated heterocycles. The lowest BCUT2D eigenvalue weighted by molar-refractivity contribution is -0.161. The molecule has 2 N–H and O–H groups in total. The van der Waals surface area contributed by atoms with Crippen molar-refractivity contribution in [3.05, 3.63) is 52.9 Å². The zero-order valence-electron chi connectivity index (χ0n) is 12.9. The fourth-order valence-electron chi connectivity index (χ4n) is 3.62. The number of nitrogens with one attached hydrogen (secondary N) is 1. The third-order valence-corrected chi connectivity index (χ3v) is 4.99. The van der Waals surface area contributed by atoms with E-state index < -0.39 is 17.2 Å².